The Morgan fingerprint density at radius 2 is 1.56 bits per heavy atom. The summed E-state index contributed by atoms with van der Waals surface area (Å²) in [6, 6.07) is 8.25. The standard InChI is InChI=1S/C13H13BrN2/c1-8-6-9(2)13(10(3)7-8)11-4-5-12(14)16-15-11/h4-7H,1-3H3. The van der Waals surface area contributed by atoms with E-state index in [1.165, 1.54) is 22.3 Å². The van der Waals surface area contributed by atoms with Gasteiger partial charge in [-0.2, -0.15) is 0 Å². The van der Waals surface area contributed by atoms with Gasteiger partial charge in [-0.25, -0.2) is 0 Å². The van der Waals surface area contributed by atoms with Crippen molar-refractivity contribution < 1.29 is 0 Å². The van der Waals surface area contributed by atoms with Crippen LogP contribution in [-0.2, 0) is 0 Å². The predicted molar refractivity (Wildman–Crippen MR) is 69.4 cm³/mol. The maximum atomic E-state index is 4.20. The van der Waals surface area contributed by atoms with Crippen molar-refractivity contribution in [3.8, 4) is 11.3 Å². The lowest BCUT2D eigenvalue weighted by molar-refractivity contribution is 1.01. The van der Waals surface area contributed by atoms with Crippen LogP contribution in [0.5, 0.6) is 0 Å². The fourth-order valence-electron chi connectivity index (χ4n) is 2.03. The van der Waals surface area contributed by atoms with Gasteiger partial charge in [-0.15, -0.1) is 10.2 Å². The first-order chi connectivity index (χ1) is 7.58. The lowest BCUT2D eigenvalue weighted by atomic mass is 9.97. The predicted octanol–water partition coefficient (Wildman–Crippen LogP) is 3.83. The highest BCUT2D eigenvalue weighted by atomic mass is 79.9. The second-order valence-electron chi connectivity index (χ2n) is 4.02. The van der Waals surface area contributed by atoms with E-state index >= 15 is 0 Å². The highest BCUT2D eigenvalue weighted by Crippen LogP contribution is 2.26. The van der Waals surface area contributed by atoms with Crippen LogP contribution >= 0.6 is 15.9 Å². The maximum absolute atomic E-state index is 4.20. The molecule has 82 valence electrons. The van der Waals surface area contributed by atoms with E-state index in [1.807, 2.05) is 12.1 Å². The fraction of sp³-hybridized carbons (Fsp3) is 0.231. The molecule has 2 aromatic rings. The first-order valence-corrected chi connectivity index (χ1v) is 5.94. The van der Waals surface area contributed by atoms with Crippen molar-refractivity contribution >= 4 is 15.9 Å². The Morgan fingerprint density at radius 3 is 2.06 bits per heavy atom. The van der Waals surface area contributed by atoms with Gasteiger partial charge in [0.2, 0.25) is 0 Å². The van der Waals surface area contributed by atoms with Crippen molar-refractivity contribution in [1.29, 1.82) is 0 Å². The molecule has 0 atom stereocenters. The third kappa shape index (κ3) is 2.14. The van der Waals surface area contributed by atoms with Gasteiger partial charge in [0, 0.05) is 5.56 Å². The molecule has 1 aromatic heterocycles. The van der Waals surface area contributed by atoms with Crippen LogP contribution < -0.4 is 0 Å². The van der Waals surface area contributed by atoms with Crippen LogP contribution in [0.3, 0.4) is 0 Å². The summed E-state index contributed by atoms with van der Waals surface area (Å²) in [7, 11) is 0. The van der Waals surface area contributed by atoms with E-state index in [2.05, 4.69) is 59.0 Å². The highest BCUT2D eigenvalue weighted by Gasteiger charge is 2.08. The minimum atomic E-state index is 0.763. The number of aryl methyl sites for hydroxylation is 3. The molecule has 0 amide bonds. The van der Waals surface area contributed by atoms with E-state index in [0.717, 1.165) is 10.3 Å². The van der Waals surface area contributed by atoms with Crippen molar-refractivity contribution in [1.82, 2.24) is 10.2 Å². The number of aromatic nitrogens is 2. The van der Waals surface area contributed by atoms with Crippen LogP contribution in [-0.4, -0.2) is 10.2 Å². The number of hydrogen-bond acceptors (Lipinski definition) is 2. The van der Waals surface area contributed by atoms with E-state index in [4.69, 9.17) is 0 Å². The van der Waals surface area contributed by atoms with Crippen molar-refractivity contribution in [2.75, 3.05) is 0 Å². The number of benzene rings is 1. The molecule has 16 heavy (non-hydrogen) atoms. The average molecular weight is 277 g/mol. The van der Waals surface area contributed by atoms with Crippen LogP contribution in [0, 0.1) is 20.8 Å². The lowest BCUT2D eigenvalue weighted by Gasteiger charge is -2.09. The molecule has 0 unspecified atom stereocenters. The Bertz CT molecular complexity index is 495. The third-order valence-electron chi connectivity index (χ3n) is 2.57. The zero-order chi connectivity index (χ0) is 11.7. The molecule has 0 spiro atoms. The van der Waals surface area contributed by atoms with Crippen LogP contribution in [0.2, 0.25) is 0 Å². The summed E-state index contributed by atoms with van der Waals surface area (Å²) >= 11 is 3.29. The summed E-state index contributed by atoms with van der Waals surface area (Å²) in [5.41, 5.74) is 5.89. The topological polar surface area (TPSA) is 25.8 Å². The van der Waals surface area contributed by atoms with Gasteiger partial charge >= 0.3 is 0 Å². The van der Waals surface area contributed by atoms with Gasteiger partial charge in [0.1, 0.15) is 4.60 Å². The molecule has 0 aliphatic rings. The molecule has 3 heteroatoms. The van der Waals surface area contributed by atoms with E-state index in [1.54, 1.807) is 0 Å². The van der Waals surface area contributed by atoms with Gasteiger partial charge in [-0.3, -0.25) is 0 Å². The molecular formula is C13H13BrN2. The zero-order valence-electron chi connectivity index (χ0n) is 9.58. The number of halogens is 1. The molecule has 1 heterocycles. The summed E-state index contributed by atoms with van der Waals surface area (Å²) in [5.74, 6) is 0. The summed E-state index contributed by atoms with van der Waals surface area (Å²) in [4.78, 5) is 0. The molecule has 1 aromatic carbocycles. The van der Waals surface area contributed by atoms with Crippen LogP contribution in [0.1, 0.15) is 16.7 Å². The summed E-state index contributed by atoms with van der Waals surface area (Å²) in [6.07, 6.45) is 0. The Labute approximate surface area is 104 Å². The van der Waals surface area contributed by atoms with Crippen molar-refractivity contribution in [2.45, 2.75) is 20.8 Å². The minimum absolute atomic E-state index is 0.763. The second-order valence-corrected chi connectivity index (χ2v) is 4.83. The lowest BCUT2D eigenvalue weighted by Crippen LogP contribution is -1.94. The molecular weight excluding hydrogens is 264 g/mol. The quantitative estimate of drug-likeness (QED) is 0.791. The molecule has 0 saturated heterocycles. The first-order valence-electron chi connectivity index (χ1n) is 5.15. The molecule has 0 aliphatic carbocycles. The molecule has 0 aliphatic heterocycles. The summed E-state index contributed by atoms with van der Waals surface area (Å²) in [5, 5.41) is 8.23. The molecule has 0 N–H and O–H groups in total. The molecule has 0 saturated carbocycles. The van der Waals surface area contributed by atoms with Crippen LogP contribution in [0.25, 0.3) is 11.3 Å². The molecule has 2 rings (SSSR count). The zero-order valence-corrected chi connectivity index (χ0v) is 11.2. The highest BCUT2D eigenvalue weighted by molar-refractivity contribution is 9.10. The Balaban J connectivity index is 2.60. The molecule has 0 fully saturated rings. The van der Waals surface area contributed by atoms with Crippen molar-refractivity contribution in [3.05, 3.63) is 45.6 Å². The fourth-order valence-corrected chi connectivity index (χ4v) is 2.24. The van der Waals surface area contributed by atoms with Gasteiger partial charge in [0.15, 0.2) is 0 Å². The van der Waals surface area contributed by atoms with E-state index < -0.39 is 0 Å². The Hall–Kier alpha value is -1.22. The summed E-state index contributed by atoms with van der Waals surface area (Å²) < 4.78 is 0.763. The molecule has 0 bridgehead atoms. The SMILES string of the molecule is Cc1cc(C)c(-c2ccc(Br)nn2)c(C)c1. The van der Waals surface area contributed by atoms with Gasteiger partial charge in [-0.1, -0.05) is 17.7 Å². The van der Waals surface area contributed by atoms with E-state index in [9.17, 15) is 0 Å². The largest absolute Gasteiger partial charge is 0.149 e. The van der Waals surface area contributed by atoms with Gasteiger partial charge < -0.3 is 0 Å². The minimum Gasteiger partial charge on any atom is -0.149 e. The molecule has 0 radical (unpaired) electrons. The smallest absolute Gasteiger partial charge is 0.128 e. The van der Waals surface area contributed by atoms with Crippen molar-refractivity contribution in [3.63, 3.8) is 0 Å². The van der Waals surface area contributed by atoms with Gasteiger partial charge in [0.05, 0.1) is 5.69 Å². The Morgan fingerprint density at radius 1 is 0.938 bits per heavy atom. The number of rotatable bonds is 1. The second kappa shape index (κ2) is 4.34. The van der Waals surface area contributed by atoms with Crippen LogP contribution in [0.15, 0.2) is 28.9 Å². The normalized spacial score (nSPS) is 10.5. The third-order valence-corrected chi connectivity index (χ3v) is 2.99. The van der Waals surface area contributed by atoms with Crippen LogP contribution in [0.4, 0.5) is 0 Å². The van der Waals surface area contributed by atoms with E-state index in [-0.39, 0.29) is 0 Å². The maximum Gasteiger partial charge on any atom is 0.128 e. The number of hydrogen-bond donors (Lipinski definition) is 0. The molecule has 2 nitrogen and oxygen atoms in total. The van der Waals surface area contributed by atoms with Gasteiger partial charge in [-0.05, 0) is 60.0 Å². The summed E-state index contributed by atoms with van der Waals surface area (Å²) in [6.45, 7) is 6.33. The number of nitrogens with zero attached hydrogens (tertiary/aromatic N) is 2. The average Bonchev–Trinajstić information content (AvgIpc) is 2.19. The van der Waals surface area contributed by atoms with Gasteiger partial charge in [0.25, 0.3) is 0 Å². The van der Waals surface area contributed by atoms with E-state index in [0.29, 0.717) is 0 Å². The monoisotopic (exact) mass is 276 g/mol. The first kappa shape index (κ1) is 11.3. The Kier molecular flexibility index (Phi) is 3.06. The van der Waals surface area contributed by atoms with Crippen molar-refractivity contribution in [2.24, 2.45) is 0 Å².